The highest BCUT2D eigenvalue weighted by atomic mass is 16.4. The molecule has 2 aromatic carbocycles. The lowest BCUT2D eigenvalue weighted by Gasteiger charge is -2.21. The normalized spacial score (nSPS) is 16.3. The number of urea groups is 1. The molecular formula is C23H29N3O3. The Labute approximate surface area is 171 Å². The van der Waals surface area contributed by atoms with E-state index in [1.165, 1.54) is 11.1 Å². The third kappa shape index (κ3) is 5.81. The summed E-state index contributed by atoms with van der Waals surface area (Å²) >= 11 is 0. The highest BCUT2D eigenvalue weighted by Gasteiger charge is 2.24. The number of hydrogen-bond donors (Lipinski definition) is 3. The monoisotopic (exact) mass is 395 g/mol. The lowest BCUT2D eigenvalue weighted by molar-refractivity contribution is -0.137. The predicted molar refractivity (Wildman–Crippen MR) is 114 cm³/mol. The van der Waals surface area contributed by atoms with Crippen LogP contribution in [-0.2, 0) is 17.6 Å². The van der Waals surface area contributed by atoms with Crippen LogP contribution in [0.2, 0.25) is 0 Å². The standard InChI is InChI=1S/C23H29N3O3/c1-26(2)21-12-8-17-15-19(9-11-20(17)21)25-23(29)24-18(10-13-22(27)28)14-16-6-4-3-5-7-16/h3-7,9,11,15,18,21H,8,10,12-14H2,1-2H3,(H,27,28)(H2,24,25,29). The van der Waals surface area contributed by atoms with E-state index < -0.39 is 5.97 Å². The molecule has 2 aromatic rings. The molecule has 29 heavy (non-hydrogen) atoms. The van der Waals surface area contributed by atoms with Crippen molar-refractivity contribution in [2.75, 3.05) is 19.4 Å². The number of carboxylic acid groups (broad SMARTS) is 1. The summed E-state index contributed by atoms with van der Waals surface area (Å²) in [5.74, 6) is -0.862. The van der Waals surface area contributed by atoms with Gasteiger partial charge in [0.15, 0.2) is 0 Å². The van der Waals surface area contributed by atoms with Crippen molar-refractivity contribution in [2.24, 2.45) is 0 Å². The number of benzene rings is 2. The average molecular weight is 396 g/mol. The van der Waals surface area contributed by atoms with Crippen LogP contribution in [0.3, 0.4) is 0 Å². The topological polar surface area (TPSA) is 81.7 Å². The van der Waals surface area contributed by atoms with Gasteiger partial charge in [0.2, 0.25) is 0 Å². The second-order valence-electron chi connectivity index (χ2n) is 7.85. The van der Waals surface area contributed by atoms with Gasteiger partial charge in [-0.15, -0.1) is 0 Å². The molecule has 154 valence electrons. The first-order valence-electron chi connectivity index (χ1n) is 10.0. The second kappa shape index (κ2) is 9.56. The smallest absolute Gasteiger partial charge is 0.319 e. The van der Waals surface area contributed by atoms with E-state index in [1.807, 2.05) is 42.5 Å². The van der Waals surface area contributed by atoms with E-state index in [0.29, 0.717) is 18.9 Å². The molecule has 0 radical (unpaired) electrons. The molecule has 3 N–H and O–H groups in total. The summed E-state index contributed by atoms with van der Waals surface area (Å²) in [5, 5.41) is 14.9. The Bertz CT molecular complexity index is 852. The van der Waals surface area contributed by atoms with Crippen molar-refractivity contribution in [3.63, 3.8) is 0 Å². The van der Waals surface area contributed by atoms with Gasteiger partial charge in [0, 0.05) is 24.2 Å². The number of amides is 2. The van der Waals surface area contributed by atoms with Gasteiger partial charge >= 0.3 is 12.0 Å². The van der Waals surface area contributed by atoms with E-state index in [-0.39, 0.29) is 18.5 Å². The molecule has 0 heterocycles. The average Bonchev–Trinajstić information content (AvgIpc) is 3.10. The minimum absolute atomic E-state index is 0.0164. The molecule has 2 atom stereocenters. The molecule has 6 heteroatoms. The molecule has 0 saturated heterocycles. The van der Waals surface area contributed by atoms with Gasteiger partial charge in [-0.3, -0.25) is 4.79 Å². The van der Waals surface area contributed by atoms with Gasteiger partial charge in [0.1, 0.15) is 0 Å². The molecule has 0 saturated carbocycles. The number of carboxylic acids is 1. The molecule has 6 nitrogen and oxygen atoms in total. The highest BCUT2D eigenvalue weighted by molar-refractivity contribution is 5.89. The first-order valence-corrected chi connectivity index (χ1v) is 10.0. The maximum absolute atomic E-state index is 12.6. The zero-order valence-electron chi connectivity index (χ0n) is 17.0. The number of fused-ring (bicyclic) bond motifs is 1. The van der Waals surface area contributed by atoms with E-state index in [2.05, 4.69) is 35.7 Å². The van der Waals surface area contributed by atoms with Gasteiger partial charge in [0.25, 0.3) is 0 Å². The van der Waals surface area contributed by atoms with Crippen LogP contribution < -0.4 is 10.6 Å². The summed E-state index contributed by atoms with van der Waals surface area (Å²) in [4.78, 5) is 25.8. The van der Waals surface area contributed by atoms with Gasteiger partial charge < -0.3 is 20.6 Å². The van der Waals surface area contributed by atoms with Crippen molar-refractivity contribution >= 4 is 17.7 Å². The van der Waals surface area contributed by atoms with Gasteiger partial charge in [-0.1, -0.05) is 36.4 Å². The summed E-state index contributed by atoms with van der Waals surface area (Å²) in [6.07, 6.45) is 3.09. The zero-order valence-corrected chi connectivity index (χ0v) is 17.0. The minimum Gasteiger partial charge on any atom is -0.481 e. The third-order valence-electron chi connectivity index (χ3n) is 5.44. The molecule has 1 aliphatic rings. The van der Waals surface area contributed by atoms with Crippen LogP contribution in [0.1, 0.15) is 42.0 Å². The highest BCUT2D eigenvalue weighted by Crippen LogP contribution is 2.35. The summed E-state index contributed by atoms with van der Waals surface area (Å²) in [7, 11) is 4.17. The van der Waals surface area contributed by atoms with Crippen LogP contribution in [0, 0.1) is 0 Å². The number of nitrogens with one attached hydrogen (secondary N) is 2. The van der Waals surface area contributed by atoms with Crippen LogP contribution >= 0.6 is 0 Å². The quantitative estimate of drug-likeness (QED) is 0.634. The Kier molecular flexibility index (Phi) is 6.88. The third-order valence-corrected chi connectivity index (χ3v) is 5.44. The molecule has 2 unspecified atom stereocenters. The maximum Gasteiger partial charge on any atom is 0.319 e. The molecular weight excluding hydrogens is 366 g/mol. The van der Waals surface area contributed by atoms with Crippen molar-refractivity contribution < 1.29 is 14.7 Å². The van der Waals surface area contributed by atoms with E-state index in [1.54, 1.807) is 0 Å². The zero-order chi connectivity index (χ0) is 20.8. The van der Waals surface area contributed by atoms with Crippen molar-refractivity contribution in [1.82, 2.24) is 10.2 Å². The Morgan fingerprint density at radius 2 is 1.93 bits per heavy atom. The lowest BCUT2D eigenvalue weighted by atomic mass is 10.0. The second-order valence-corrected chi connectivity index (χ2v) is 7.85. The van der Waals surface area contributed by atoms with Crippen molar-refractivity contribution in [2.45, 2.75) is 44.2 Å². The van der Waals surface area contributed by atoms with Crippen LogP contribution in [-0.4, -0.2) is 42.1 Å². The summed E-state index contributed by atoms with van der Waals surface area (Å²) < 4.78 is 0. The maximum atomic E-state index is 12.6. The summed E-state index contributed by atoms with van der Waals surface area (Å²) in [6.45, 7) is 0. The van der Waals surface area contributed by atoms with Gasteiger partial charge in [0.05, 0.1) is 0 Å². The fraction of sp³-hybridized carbons (Fsp3) is 0.391. The molecule has 0 bridgehead atoms. The van der Waals surface area contributed by atoms with Crippen molar-refractivity contribution in [1.29, 1.82) is 0 Å². The molecule has 0 fully saturated rings. The number of carbonyl (C=O) groups is 2. The number of hydrogen-bond acceptors (Lipinski definition) is 3. The molecule has 3 rings (SSSR count). The predicted octanol–water partition coefficient (Wildman–Crippen LogP) is 3.83. The first kappa shape index (κ1) is 20.9. The van der Waals surface area contributed by atoms with Crippen molar-refractivity contribution in [3.8, 4) is 0 Å². The van der Waals surface area contributed by atoms with Crippen LogP contribution in [0.4, 0.5) is 10.5 Å². The number of anilines is 1. The Hall–Kier alpha value is -2.86. The number of aliphatic carboxylic acids is 1. The van der Waals surface area contributed by atoms with Crippen molar-refractivity contribution in [3.05, 3.63) is 65.2 Å². The van der Waals surface area contributed by atoms with E-state index in [4.69, 9.17) is 5.11 Å². The van der Waals surface area contributed by atoms with Crippen LogP contribution in [0.15, 0.2) is 48.5 Å². The molecule has 0 aliphatic heterocycles. The SMILES string of the molecule is CN(C)C1CCc2cc(NC(=O)NC(CCC(=O)O)Cc3ccccc3)ccc21. The van der Waals surface area contributed by atoms with E-state index in [0.717, 1.165) is 24.1 Å². The summed E-state index contributed by atoms with van der Waals surface area (Å²) in [6, 6.07) is 15.7. The van der Waals surface area contributed by atoms with E-state index in [9.17, 15) is 9.59 Å². The Morgan fingerprint density at radius 3 is 2.62 bits per heavy atom. The minimum atomic E-state index is -0.862. The van der Waals surface area contributed by atoms with Gasteiger partial charge in [-0.25, -0.2) is 4.79 Å². The Morgan fingerprint density at radius 1 is 1.17 bits per heavy atom. The first-order chi connectivity index (χ1) is 13.9. The fourth-order valence-electron chi connectivity index (χ4n) is 3.98. The van der Waals surface area contributed by atoms with Gasteiger partial charge in [-0.05, 0) is 68.6 Å². The summed E-state index contributed by atoms with van der Waals surface area (Å²) in [5.41, 5.74) is 4.42. The lowest BCUT2D eigenvalue weighted by Crippen LogP contribution is -2.39. The Balaban J connectivity index is 1.63. The van der Waals surface area contributed by atoms with Gasteiger partial charge in [-0.2, -0.15) is 0 Å². The number of rotatable bonds is 8. The number of aryl methyl sites for hydroxylation is 1. The number of nitrogens with zero attached hydrogens (tertiary/aromatic N) is 1. The molecule has 0 aromatic heterocycles. The molecule has 2 amide bonds. The molecule has 0 spiro atoms. The van der Waals surface area contributed by atoms with Crippen LogP contribution in [0.25, 0.3) is 0 Å². The fourth-order valence-corrected chi connectivity index (χ4v) is 3.98. The van der Waals surface area contributed by atoms with E-state index >= 15 is 0 Å². The molecule has 1 aliphatic carbocycles. The number of carbonyl (C=O) groups excluding carboxylic acids is 1. The van der Waals surface area contributed by atoms with Crippen LogP contribution in [0.5, 0.6) is 0 Å². The largest absolute Gasteiger partial charge is 0.481 e.